The number of nitrogens with one attached hydrogen (secondary N) is 1. The summed E-state index contributed by atoms with van der Waals surface area (Å²) in [6.45, 7) is 5.59. The van der Waals surface area contributed by atoms with Gasteiger partial charge in [0.2, 0.25) is 5.91 Å². The highest BCUT2D eigenvalue weighted by Gasteiger charge is 2.71. The van der Waals surface area contributed by atoms with Gasteiger partial charge >= 0.3 is 0 Å². The lowest BCUT2D eigenvalue weighted by atomic mass is 9.62. The molecule has 3 aromatic rings. The third kappa shape index (κ3) is 3.27. The van der Waals surface area contributed by atoms with E-state index >= 15 is 0 Å². The van der Waals surface area contributed by atoms with Crippen LogP contribution in [0.1, 0.15) is 53.9 Å². The highest BCUT2D eigenvalue weighted by molar-refractivity contribution is 6.30. The molecular weight excluding hydrogens is 484 g/mol. The normalized spacial score (nSPS) is 25.5. The van der Waals surface area contributed by atoms with Crippen LogP contribution in [0.4, 0.5) is 5.69 Å². The van der Waals surface area contributed by atoms with Crippen molar-refractivity contribution in [2.75, 3.05) is 5.32 Å². The molecule has 1 saturated heterocycles. The number of rotatable bonds is 3. The van der Waals surface area contributed by atoms with Crippen LogP contribution < -0.4 is 5.32 Å². The van der Waals surface area contributed by atoms with E-state index in [1.807, 2.05) is 86.5 Å². The summed E-state index contributed by atoms with van der Waals surface area (Å²) in [5.41, 5.74) is 1.71. The smallest absolute Gasteiger partial charge is 0.238 e. The molecule has 3 heterocycles. The van der Waals surface area contributed by atoms with Gasteiger partial charge in [0.1, 0.15) is 5.41 Å². The first-order valence-electron chi connectivity index (χ1n) is 12.5. The first-order valence-corrected chi connectivity index (χ1v) is 12.8. The van der Waals surface area contributed by atoms with Gasteiger partial charge in [0.25, 0.3) is 0 Å². The van der Waals surface area contributed by atoms with Gasteiger partial charge in [-0.2, -0.15) is 0 Å². The molecule has 0 unspecified atom stereocenters. The van der Waals surface area contributed by atoms with E-state index < -0.39 is 28.8 Å². The highest BCUT2D eigenvalue weighted by Crippen LogP contribution is 2.62. The Morgan fingerprint density at radius 2 is 1.62 bits per heavy atom. The largest absolute Gasteiger partial charge is 0.358 e. The van der Waals surface area contributed by atoms with Crippen molar-refractivity contribution in [3.8, 4) is 0 Å². The summed E-state index contributed by atoms with van der Waals surface area (Å²) in [6.07, 6.45) is 3.86. The fraction of sp³-hybridized carbons (Fsp3) is 0.258. The minimum Gasteiger partial charge on any atom is -0.358 e. The summed E-state index contributed by atoms with van der Waals surface area (Å²) < 4.78 is 0. The van der Waals surface area contributed by atoms with Crippen LogP contribution >= 0.6 is 11.6 Å². The lowest BCUT2D eigenvalue weighted by Crippen LogP contribution is -2.50. The number of anilines is 1. The number of para-hydroxylation sites is 1. The average Bonchev–Trinajstić information content (AvgIpc) is 3.35. The summed E-state index contributed by atoms with van der Waals surface area (Å²) in [6, 6.07) is 20.8. The van der Waals surface area contributed by atoms with Crippen molar-refractivity contribution in [3.63, 3.8) is 0 Å². The number of halogens is 1. The third-order valence-corrected chi connectivity index (χ3v) is 8.24. The quantitative estimate of drug-likeness (QED) is 0.435. The Hall–Kier alpha value is -3.70. The minimum atomic E-state index is -1.31. The van der Waals surface area contributed by atoms with Crippen LogP contribution in [-0.4, -0.2) is 28.4 Å². The summed E-state index contributed by atoms with van der Waals surface area (Å²) in [5, 5.41) is 3.58. The van der Waals surface area contributed by atoms with Crippen molar-refractivity contribution in [2.45, 2.75) is 38.3 Å². The molecule has 1 N–H and O–H groups in total. The molecule has 6 heteroatoms. The molecule has 0 aliphatic carbocycles. The van der Waals surface area contributed by atoms with Crippen molar-refractivity contribution >= 4 is 40.8 Å². The number of hydrogen-bond donors (Lipinski definition) is 1. The number of nitrogens with zero attached hydrogens (tertiary/aromatic N) is 1. The molecule has 3 aromatic carbocycles. The number of carbonyl (C=O) groups excluding carboxylic acids is 3. The van der Waals surface area contributed by atoms with Crippen LogP contribution in [0.25, 0.3) is 6.08 Å². The van der Waals surface area contributed by atoms with E-state index in [4.69, 9.17) is 11.6 Å². The molecule has 0 saturated carbocycles. The predicted molar refractivity (Wildman–Crippen MR) is 144 cm³/mol. The fourth-order valence-corrected chi connectivity index (χ4v) is 6.53. The van der Waals surface area contributed by atoms with Gasteiger partial charge in [-0.05, 0) is 53.1 Å². The van der Waals surface area contributed by atoms with Crippen molar-refractivity contribution in [2.24, 2.45) is 11.3 Å². The number of carbonyl (C=O) groups is 3. The predicted octanol–water partition coefficient (Wildman–Crippen LogP) is 6.05. The molecule has 5 nitrogen and oxygen atoms in total. The molecule has 186 valence electrons. The summed E-state index contributed by atoms with van der Waals surface area (Å²) in [5.74, 6) is -1.54. The van der Waals surface area contributed by atoms with Gasteiger partial charge in [0, 0.05) is 27.9 Å². The van der Waals surface area contributed by atoms with Crippen LogP contribution in [0.15, 0.2) is 79.0 Å². The fourth-order valence-electron chi connectivity index (χ4n) is 6.41. The molecule has 3 aliphatic heterocycles. The third-order valence-electron chi connectivity index (χ3n) is 7.99. The maximum atomic E-state index is 14.5. The first kappa shape index (κ1) is 23.7. The zero-order valence-corrected chi connectivity index (χ0v) is 21.6. The van der Waals surface area contributed by atoms with Gasteiger partial charge in [-0.1, -0.05) is 74.8 Å². The van der Waals surface area contributed by atoms with Crippen LogP contribution in [0.2, 0.25) is 5.02 Å². The standard InChI is InChI=1S/C31H27ClN2O3/c1-30(2,3)28(36)25-24(26(35)19-12-14-20(32)15-13-19)31(22-10-6-7-11-23(22)33-29(31)37)27-21-9-5-4-8-18(21)16-17-34(25)27/h4-17,24-25,27H,1-3H3,(H,33,37)/t24-,25+,27+,31+/m1/s1. The Labute approximate surface area is 221 Å². The van der Waals surface area contributed by atoms with Gasteiger partial charge in [0.05, 0.1) is 18.0 Å². The van der Waals surface area contributed by atoms with E-state index in [0.29, 0.717) is 16.3 Å². The van der Waals surface area contributed by atoms with Crippen molar-refractivity contribution in [1.29, 1.82) is 0 Å². The number of fused-ring (bicyclic) bond motifs is 6. The Morgan fingerprint density at radius 1 is 0.946 bits per heavy atom. The molecular formula is C31H27ClN2O3. The summed E-state index contributed by atoms with van der Waals surface area (Å²) in [4.78, 5) is 45.0. The molecule has 0 radical (unpaired) electrons. The van der Waals surface area contributed by atoms with Crippen LogP contribution in [0.3, 0.4) is 0 Å². The number of ketones is 2. The maximum Gasteiger partial charge on any atom is 0.238 e. The van der Waals surface area contributed by atoms with Crippen molar-refractivity contribution in [1.82, 2.24) is 4.90 Å². The lowest BCUT2D eigenvalue weighted by Gasteiger charge is -2.38. The number of benzene rings is 3. The minimum absolute atomic E-state index is 0.0806. The van der Waals surface area contributed by atoms with Crippen molar-refractivity contribution in [3.05, 3.63) is 106 Å². The molecule has 0 aromatic heterocycles. The zero-order chi connectivity index (χ0) is 26.1. The summed E-state index contributed by atoms with van der Waals surface area (Å²) >= 11 is 6.13. The molecule has 6 rings (SSSR count). The first-order chi connectivity index (χ1) is 17.7. The van der Waals surface area contributed by atoms with Crippen LogP contribution in [0, 0.1) is 11.3 Å². The van der Waals surface area contributed by atoms with E-state index in [1.54, 1.807) is 24.3 Å². The Kier molecular flexibility index (Phi) is 5.22. The topological polar surface area (TPSA) is 66.5 Å². The van der Waals surface area contributed by atoms with E-state index in [-0.39, 0.29) is 17.5 Å². The number of hydrogen-bond acceptors (Lipinski definition) is 4. The molecule has 4 atom stereocenters. The average molecular weight is 511 g/mol. The molecule has 37 heavy (non-hydrogen) atoms. The molecule has 0 bridgehead atoms. The van der Waals surface area contributed by atoms with Gasteiger partial charge in [-0.15, -0.1) is 0 Å². The second-order valence-electron chi connectivity index (χ2n) is 11.1. The monoisotopic (exact) mass is 510 g/mol. The Morgan fingerprint density at radius 3 is 2.35 bits per heavy atom. The lowest BCUT2D eigenvalue weighted by molar-refractivity contribution is -0.131. The Balaban J connectivity index is 1.69. The molecule has 1 amide bonds. The van der Waals surface area contributed by atoms with E-state index in [1.165, 1.54) is 0 Å². The van der Waals surface area contributed by atoms with Gasteiger partial charge in [-0.25, -0.2) is 0 Å². The van der Waals surface area contributed by atoms with E-state index in [0.717, 1.165) is 16.7 Å². The van der Waals surface area contributed by atoms with E-state index in [9.17, 15) is 14.4 Å². The summed E-state index contributed by atoms with van der Waals surface area (Å²) in [7, 11) is 0. The number of amides is 1. The van der Waals surface area contributed by atoms with Gasteiger partial charge in [0.15, 0.2) is 11.6 Å². The maximum absolute atomic E-state index is 14.5. The molecule has 1 fully saturated rings. The van der Waals surface area contributed by atoms with Gasteiger partial charge < -0.3 is 10.2 Å². The second-order valence-corrected chi connectivity index (χ2v) is 11.5. The van der Waals surface area contributed by atoms with Crippen molar-refractivity contribution < 1.29 is 14.4 Å². The number of Topliss-reactive ketones (excluding diaryl/α,β-unsaturated/α-hetero) is 2. The highest BCUT2D eigenvalue weighted by atomic mass is 35.5. The van der Waals surface area contributed by atoms with E-state index in [2.05, 4.69) is 5.32 Å². The zero-order valence-electron chi connectivity index (χ0n) is 20.9. The van der Waals surface area contributed by atoms with Gasteiger partial charge in [-0.3, -0.25) is 14.4 Å². The second kappa shape index (κ2) is 8.15. The molecule has 3 aliphatic rings. The van der Waals surface area contributed by atoms with Crippen LogP contribution in [0.5, 0.6) is 0 Å². The SMILES string of the molecule is CC(C)(C)C(=O)[C@@H]1[C@H](C(=O)c2ccc(Cl)cc2)[C@]2(C(=O)Nc3ccccc32)[C@@H]2c3ccccc3C=CN12. The van der Waals surface area contributed by atoms with Crippen LogP contribution in [-0.2, 0) is 15.0 Å². The molecule has 1 spiro atoms. The Bertz CT molecular complexity index is 1490.